The van der Waals surface area contributed by atoms with Crippen molar-refractivity contribution in [3.8, 4) is 0 Å². The van der Waals surface area contributed by atoms with Gasteiger partial charge in [-0.05, 0) is 45.8 Å². The number of aryl methyl sites for hydroxylation is 2. The van der Waals surface area contributed by atoms with Crippen LogP contribution in [-0.4, -0.2) is 40.2 Å². The molecule has 0 spiro atoms. The summed E-state index contributed by atoms with van der Waals surface area (Å²) in [6, 6.07) is 1.40. The van der Waals surface area contributed by atoms with Gasteiger partial charge in [-0.15, -0.1) is 0 Å². The van der Waals surface area contributed by atoms with Crippen LogP contribution in [0.25, 0.3) is 0 Å². The van der Waals surface area contributed by atoms with Crippen LogP contribution in [0.3, 0.4) is 0 Å². The molecule has 1 saturated heterocycles. The Morgan fingerprint density at radius 1 is 1.32 bits per heavy atom. The van der Waals surface area contributed by atoms with Crippen LogP contribution in [0, 0.1) is 6.92 Å². The summed E-state index contributed by atoms with van der Waals surface area (Å²) < 4.78 is 1.86. The quantitative estimate of drug-likeness (QED) is 0.871. The fourth-order valence-corrected chi connectivity index (χ4v) is 2.54. The molecular weight excluding hydrogens is 244 g/mol. The van der Waals surface area contributed by atoms with E-state index in [9.17, 15) is 9.59 Å². The lowest BCUT2D eigenvalue weighted by atomic mass is 10.2. The zero-order valence-corrected chi connectivity index (χ0v) is 11.3. The van der Waals surface area contributed by atoms with Crippen molar-refractivity contribution < 1.29 is 9.90 Å². The number of rotatable bonds is 5. The van der Waals surface area contributed by atoms with Crippen molar-refractivity contribution in [1.82, 2.24) is 9.47 Å². The molecule has 0 unspecified atom stereocenters. The molecule has 2 rings (SSSR count). The van der Waals surface area contributed by atoms with Crippen LogP contribution in [0.4, 0.5) is 0 Å². The smallest absolute Gasteiger partial charge is 0.341 e. The first-order valence-corrected chi connectivity index (χ1v) is 6.74. The molecule has 0 aromatic carbocycles. The third-order valence-electron chi connectivity index (χ3n) is 3.65. The van der Waals surface area contributed by atoms with Crippen LogP contribution in [0.2, 0.25) is 0 Å². The summed E-state index contributed by atoms with van der Waals surface area (Å²) in [5.74, 6) is -1.15. The van der Waals surface area contributed by atoms with Gasteiger partial charge in [0.15, 0.2) is 5.43 Å². The third-order valence-corrected chi connectivity index (χ3v) is 3.65. The number of carboxylic acids is 1. The molecule has 19 heavy (non-hydrogen) atoms. The molecule has 0 saturated carbocycles. The average Bonchev–Trinajstić information content (AvgIpc) is 2.84. The zero-order chi connectivity index (χ0) is 13.8. The number of pyridine rings is 1. The molecule has 1 fully saturated rings. The van der Waals surface area contributed by atoms with Gasteiger partial charge in [-0.3, -0.25) is 4.79 Å². The highest BCUT2D eigenvalue weighted by Gasteiger charge is 2.12. The Bertz CT molecular complexity index is 516. The van der Waals surface area contributed by atoms with Gasteiger partial charge < -0.3 is 14.6 Å². The molecule has 1 aromatic heterocycles. The van der Waals surface area contributed by atoms with Crippen LogP contribution >= 0.6 is 0 Å². The summed E-state index contributed by atoms with van der Waals surface area (Å²) in [5, 5.41) is 8.96. The number of aromatic nitrogens is 1. The van der Waals surface area contributed by atoms with Crippen molar-refractivity contribution in [2.75, 3.05) is 19.6 Å². The first-order chi connectivity index (χ1) is 9.08. The maximum atomic E-state index is 11.5. The Labute approximate surface area is 112 Å². The highest BCUT2D eigenvalue weighted by molar-refractivity contribution is 5.87. The van der Waals surface area contributed by atoms with Gasteiger partial charge in [-0.2, -0.15) is 0 Å². The first-order valence-electron chi connectivity index (χ1n) is 6.74. The van der Waals surface area contributed by atoms with Crippen LogP contribution in [0.5, 0.6) is 0 Å². The van der Waals surface area contributed by atoms with Gasteiger partial charge in [0, 0.05) is 24.5 Å². The first kappa shape index (κ1) is 13.8. The fourth-order valence-electron chi connectivity index (χ4n) is 2.54. The monoisotopic (exact) mass is 264 g/mol. The molecule has 5 nitrogen and oxygen atoms in total. The Kier molecular flexibility index (Phi) is 4.37. The molecule has 5 heteroatoms. The average molecular weight is 264 g/mol. The molecule has 1 N–H and O–H groups in total. The second kappa shape index (κ2) is 6.02. The van der Waals surface area contributed by atoms with Crippen molar-refractivity contribution in [2.24, 2.45) is 0 Å². The maximum absolute atomic E-state index is 11.5. The Hall–Kier alpha value is -1.62. The third kappa shape index (κ3) is 3.44. The van der Waals surface area contributed by atoms with Gasteiger partial charge >= 0.3 is 5.97 Å². The molecule has 1 aromatic rings. The second-order valence-electron chi connectivity index (χ2n) is 5.09. The number of likely N-dealkylation sites (tertiary alicyclic amines) is 1. The van der Waals surface area contributed by atoms with E-state index in [0.717, 1.165) is 25.2 Å². The van der Waals surface area contributed by atoms with Gasteiger partial charge in [0.05, 0.1) is 0 Å². The van der Waals surface area contributed by atoms with E-state index in [-0.39, 0.29) is 5.56 Å². The van der Waals surface area contributed by atoms with Gasteiger partial charge in [0.1, 0.15) is 5.56 Å². The molecule has 2 heterocycles. The molecule has 0 radical (unpaired) electrons. The number of nitrogens with zero attached hydrogens (tertiary/aromatic N) is 2. The Morgan fingerprint density at radius 3 is 2.63 bits per heavy atom. The van der Waals surface area contributed by atoms with Crippen molar-refractivity contribution >= 4 is 5.97 Å². The summed E-state index contributed by atoms with van der Waals surface area (Å²) in [5.41, 5.74) is 0.254. The number of carbonyl (C=O) groups is 1. The molecule has 104 valence electrons. The lowest BCUT2D eigenvalue weighted by molar-refractivity contribution is 0.0694. The number of aromatic carboxylic acids is 1. The number of hydrogen-bond acceptors (Lipinski definition) is 3. The summed E-state index contributed by atoms with van der Waals surface area (Å²) >= 11 is 0. The summed E-state index contributed by atoms with van der Waals surface area (Å²) in [6.45, 7) is 5.97. The molecule has 1 aliphatic heterocycles. The lowest BCUT2D eigenvalue weighted by Gasteiger charge is -2.16. The van der Waals surface area contributed by atoms with Crippen LogP contribution in [0.1, 0.15) is 35.3 Å². The zero-order valence-electron chi connectivity index (χ0n) is 11.3. The Morgan fingerprint density at radius 2 is 2.00 bits per heavy atom. The van der Waals surface area contributed by atoms with Crippen molar-refractivity contribution in [3.63, 3.8) is 0 Å². The molecule has 0 atom stereocenters. The second-order valence-corrected chi connectivity index (χ2v) is 5.09. The van der Waals surface area contributed by atoms with Crippen molar-refractivity contribution in [3.05, 3.63) is 33.7 Å². The van der Waals surface area contributed by atoms with Gasteiger partial charge in [-0.1, -0.05) is 0 Å². The molecule has 1 aliphatic rings. The summed E-state index contributed by atoms with van der Waals surface area (Å²) in [4.78, 5) is 24.9. The summed E-state index contributed by atoms with van der Waals surface area (Å²) in [6.07, 6.45) is 4.99. The lowest BCUT2D eigenvalue weighted by Crippen LogP contribution is -2.23. The minimum Gasteiger partial charge on any atom is -0.477 e. The van der Waals surface area contributed by atoms with E-state index < -0.39 is 11.4 Å². The Balaban J connectivity index is 2.00. The molecule has 0 bridgehead atoms. The largest absolute Gasteiger partial charge is 0.477 e. The number of hydrogen-bond donors (Lipinski definition) is 1. The standard InChI is InChI=1S/C14H20N2O3/c1-11-9-13(17)12(14(18)19)10-16(11)8-4-7-15-5-2-3-6-15/h9-10H,2-8H2,1H3,(H,18,19). The maximum Gasteiger partial charge on any atom is 0.341 e. The summed E-state index contributed by atoms with van der Waals surface area (Å²) in [7, 11) is 0. The van der Waals surface area contributed by atoms with E-state index >= 15 is 0 Å². The van der Waals surface area contributed by atoms with Crippen molar-refractivity contribution in [1.29, 1.82) is 0 Å². The van der Waals surface area contributed by atoms with Crippen LogP contribution < -0.4 is 5.43 Å². The van der Waals surface area contributed by atoms with Gasteiger partial charge in [-0.25, -0.2) is 4.79 Å². The molecule has 0 aliphatic carbocycles. The molecule has 0 amide bonds. The van der Waals surface area contributed by atoms with Crippen LogP contribution in [0.15, 0.2) is 17.1 Å². The SMILES string of the molecule is Cc1cc(=O)c(C(=O)O)cn1CCCN1CCCC1. The minimum atomic E-state index is -1.15. The van der Waals surface area contributed by atoms with E-state index in [2.05, 4.69) is 4.90 Å². The van der Waals surface area contributed by atoms with E-state index in [0.29, 0.717) is 0 Å². The van der Waals surface area contributed by atoms with E-state index in [1.807, 2.05) is 11.5 Å². The van der Waals surface area contributed by atoms with E-state index in [1.54, 1.807) is 0 Å². The van der Waals surface area contributed by atoms with Crippen molar-refractivity contribution in [2.45, 2.75) is 32.7 Å². The predicted molar refractivity (Wildman–Crippen MR) is 72.7 cm³/mol. The van der Waals surface area contributed by atoms with E-state index in [4.69, 9.17) is 5.11 Å². The highest BCUT2D eigenvalue weighted by Crippen LogP contribution is 2.08. The molecular formula is C14H20N2O3. The fraction of sp³-hybridized carbons (Fsp3) is 0.571. The van der Waals surface area contributed by atoms with Gasteiger partial charge in [0.2, 0.25) is 0 Å². The topological polar surface area (TPSA) is 62.5 Å². The highest BCUT2D eigenvalue weighted by atomic mass is 16.4. The van der Waals surface area contributed by atoms with Crippen LogP contribution in [-0.2, 0) is 6.54 Å². The van der Waals surface area contributed by atoms with E-state index in [1.165, 1.54) is 38.2 Å². The predicted octanol–water partition coefficient (Wildman–Crippen LogP) is 1.34. The normalized spacial score (nSPS) is 15.8. The number of carboxylic acid groups (broad SMARTS) is 1. The minimum absolute atomic E-state index is 0.147. The van der Waals surface area contributed by atoms with Gasteiger partial charge in [0.25, 0.3) is 0 Å².